The molecule has 6 heteroatoms. The highest BCUT2D eigenvalue weighted by atomic mass is 19.1. The van der Waals surface area contributed by atoms with E-state index in [-0.39, 0.29) is 17.5 Å². The second-order valence-corrected chi connectivity index (χ2v) is 6.51. The number of hydrogen-bond donors (Lipinski definition) is 1. The molecule has 0 bridgehead atoms. The van der Waals surface area contributed by atoms with E-state index in [9.17, 15) is 13.6 Å². The molecule has 0 saturated heterocycles. The number of carbonyl (C=O) groups is 1. The van der Waals surface area contributed by atoms with Crippen LogP contribution < -0.4 is 5.32 Å². The summed E-state index contributed by atoms with van der Waals surface area (Å²) in [6.07, 6.45) is 1.74. The van der Waals surface area contributed by atoms with Crippen LogP contribution in [0.25, 0.3) is 10.9 Å². The fraction of sp³-hybridized carbons (Fsp3) is 0.0909. The molecule has 0 fully saturated rings. The van der Waals surface area contributed by atoms with Gasteiger partial charge in [0, 0.05) is 17.5 Å². The first-order valence-corrected chi connectivity index (χ1v) is 8.81. The third kappa shape index (κ3) is 3.91. The van der Waals surface area contributed by atoms with Gasteiger partial charge < -0.3 is 5.32 Å². The molecule has 4 aromatic rings. The summed E-state index contributed by atoms with van der Waals surface area (Å²) in [5.41, 5.74) is 3.06. The Morgan fingerprint density at radius 3 is 2.21 bits per heavy atom. The van der Waals surface area contributed by atoms with Crippen molar-refractivity contribution in [3.05, 3.63) is 101 Å². The zero-order valence-corrected chi connectivity index (χ0v) is 14.9. The summed E-state index contributed by atoms with van der Waals surface area (Å²) >= 11 is 0. The number of hydrogen-bond acceptors (Lipinski definition) is 2. The number of aromatic nitrogens is 2. The maximum atomic E-state index is 13.1. The lowest BCUT2D eigenvalue weighted by Gasteiger charge is -2.07. The lowest BCUT2D eigenvalue weighted by atomic mass is 10.1. The molecule has 0 aliphatic rings. The molecule has 0 atom stereocenters. The smallest absolute Gasteiger partial charge is 0.251 e. The second-order valence-electron chi connectivity index (χ2n) is 6.51. The summed E-state index contributed by atoms with van der Waals surface area (Å²) in [4.78, 5) is 12.5. The summed E-state index contributed by atoms with van der Waals surface area (Å²) in [7, 11) is 0. The van der Waals surface area contributed by atoms with Gasteiger partial charge in [0.15, 0.2) is 0 Å². The van der Waals surface area contributed by atoms with E-state index >= 15 is 0 Å². The van der Waals surface area contributed by atoms with Crippen molar-refractivity contribution >= 4 is 16.8 Å². The average molecular weight is 377 g/mol. The monoisotopic (exact) mass is 377 g/mol. The van der Waals surface area contributed by atoms with Crippen molar-refractivity contribution in [2.45, 2.75) is 13.1 Å². The number of halogens is 2. The lowest BCUT2D eigenvalue weighted by Crippen LogP contribution is -2.22. The van der Waals surface area contributed by atoms with Crippen molar-refractivity contribution in [2.24, 2.45) is 0 Å². The van der Waals surface area contributed by atoms with Gasteiger partial charge in [0.2, 0.25) is 0 Å². The third-order valence-corrected chi connectivity index (χ3v) is 4.52. The Hall–Kier alpha value is -3.54. The van der Waals surface area contributed by atoms with Gasteiger partial charge in [-0.15, -0.1) is 0 Å². The quantitative estimate of drug-likeness (QED) is 0.564. The van der Waals surface area contributed by atoms with Crippen molar-refractivity contribution in [1.29, 1.82) is 0 Å². The highest BCUT2D eigenvalue weighted by Gasteiger charge is 2.10. The molecular weight excluding hydrogens is 360 g/mol. The van der Waals surface area contributed by atoms with Gasteiger partial charge in [-0.25, -0.2) is 8.78 Å². The first kappa shape index (κ1) is 17.9. The summed E-state index contributed by atoms with van der Waals surface area (Å²) < 4.78 is 27.8. The maximum absolute atomic E-state index is 13.1. The minimum Gasteiger partial charge on any atom is -0.348 e. The number of fused-ring (bicyclic) bond motifs is 1. The molecule has 140 valence electrons. The van der Waals surface area contributed by atoms with E-state index in [2.05, 4.69) is 10.4 Å². The SMILES string of the molecule is O=C(NCc1ccc(F)cc1)c1ccc2cnn(Cc3ccc(F)cc3)c2c1. The van der Waals surface area contributed by atoms with Crippen LogP contribution in [-0.2, 0) is 13.1 Å². The molecule has 3 aromatic carbocycles. The van der Waals surface area contributed by atoms with Gasteiger partial charge in [-0.1, -0.05) is 30.3 Å². The van der Waals surface area contributed by atoms with Crippen molar-refractivity contribution in [3.8, 4) is 0 Å². The lowest BCUT2D eigenvalue weighted by molar-refractivity contribution is 0.0951. The average Bonchev–Trinajstić information content (AvgIpc) is 3.11. The van der Waals surface area contributed by atoms with Crippen LogP contribution in [0, 0.1) is 11.6 Å². The van der Waals surface area contributed by atoms with Crippen molar-refractivity contribution < 1.29 is 13.6 Å². The van der Waals surface area contributed by atoms with E-state index in [1.807, 2.05) is 6.07 Å². The Labute approximate surface area is 160 Å². The molecule has 1 heterocycles. The van der Waals surface area contributed by atoms with E-state index in [1.165, 1.54) is 24.3 Å². The molecule has 1 N–H and O–H groups in total. The molecule has 0 unspecified atom stereocenters. The first-order chi connectivity index (χ1) is 13.6. The Bertz CT molecular complexity index is 1120. The van der Waals surface area contributed by atoms with Gasteiger partial charge >= 0.3 is 0 Å². The topological polar surface area (TPSA) is 46.9 Å². The molecule has 0 aliphatic heterocycles. The standard InChI is InChI=1S/C22H17F2N3O/c23-19-7-1-15(2-8-19)12-25-22(28)17-5-6-18-13-26-27(21(18)11-17)14-16-3-9-20(24)10-4-16/h1-11,13H,12,14H2,(H,25,28). The molecule has 4 rings (SSSR count). The van der Waals surface area contributed by atoms with Crippen LogP contribution >= 0.6 is 0 Å². The Kier molecular flexibility index (Phi) is 4.85. The van der Waals surface area contributed by atoms with E-state index in [0.29, 0.717) is 18.7 Å². The minimum absolute atomic E-state index is 0.222. The summed E-state index contributed by atoms with van der Waals surface area (Å²) in [6, 6.07) is 17.6. The first-order valence-electron chi connectivity index (χ1n) is 8.81. The molecule has 0 aliphatic carbocycles. The van der Waals surface area contributed by atoms with Crippen molar-refractivity contribution in [2.75, 3.05) is 0 Å². The van der Waals surface area contributed by atoms with Crippen LogP contribution in [0.15, 0.2) is 72.9 Å². The van der Waals surface area contributed by atoms with Crippen molar-refractivity contribution in [1.82, 2.24) is 15.1 Å². The molecule has 0 spiro atoms. The highest BCUT2D eigenvalue weighted by molar-refractivity contribution is 5.97. The Morgan fingerprint density at radius 2 is 1.54 bits per heavy atom. The Balaban J connectivity index is 1.52. The van der Waals surface area contributed by atoms with Crippen LogP contribution in [0.1, 0.15) is 21.5 Å². The molecule has 0 radical (unpaired) electrons. The largest absolute Gasteiger partial charge is 0.348 e. The predicted molar refractivity (Wildman–Crippen MR) is 103 cm³/mol. The predicted octanol–water partition coefficient (Wildman–Crippen LogP) is 4.29. The van der Waals surface area contributed by atoms with E-state index in [4.69, 9.17) is 0 Å². The Morgan fingerprint density at radius 1 is 0.893 bits per heavy atom. The third-order valence-electron chi connectivity index (χ3n) is 4.52. The fourth-order valence-corrected chi connectivity index (χ4v) is 2.99. The van der Waals surface area contributed by atoms with Crippen LogP contribution in [0.5, 0.6) is 0 Å². The fourth-order valence-electron chi connectivity index (χ4n) is 2.99. The molecular formula is C22H17F2N3O. The van der Waals surface area contributed by atoms with Gasteiger partial charge in [-0.05, 0) is 47.5 Å². The number of nitrogens with one attached hydrogen (secondary N) is 1. The van der Waals surface area contributed by atoms with Gasteiger partial charge in [0.25, 0.3) is 5.91 Å². The zero-order chi connectivity index (χ0) is 19.5. The van der Waals surface area contributed by atoms with Crippen LogP contribution in [0.2, 0.25) is 0 Å². The van der Waals surface area contributed by atoms with E-state index < -0.39 is 0 Å². The molecule has 28 heavy (non-hydrogen) atoms. The number of carbonyl (C=O) groups excluding carboxylic acids is 1. The van der Waals surface area contributed by atoms with E-state index in [1.54, 1.807) is 47.3 Å². The second kappa shape index (κ2) is 7.60. The number of benzene rings is 3. The number of nitrogens with zero attached hydrogens (tertiary/aromatic N) is 2. The zero-order valence-electron chi connectivity index (χ0n) is 14.9. The number of amides is 1. The van der Waals surface area contributed by atoms with Gasteiger partial charge in [0.05, 0.1) is 18.3 Å². The number of rotatable bonds is 5. The van der Waals surface area contributed by atoms with Crippen LogP contribution in [-0.4, -0.2) is 15.7 Å². The molecule has 0 saturated carbocycles. The van der Waals surface area contributed by atoms with Gasteiger partial charge in [-0.3, -0.25) is 9.48 Å². The summed E-state index contributed by atoms with van der Waals surface area (Å²) in [5, 5.41) is 8.12. The minimum atomic E-state index is -0.310. The molecule has 4 nitrogen and oxygen atoms in total. The van der Waals surface area contributed by atoms with E-state index in [0.717, 1.165) is 22.0 Å². The summed E-state index contributed by atoms with van der Waals surface area (Å²) in [6.45, 7) is 0.788. The van der Waals surface area contributed by atoms with Gasteiger partial charge in [0.1, 0.15) is 11.6 Å². The molecule has 1 aromatic heterocycles. The van der Waals surface area contributed by atoms with Crippen LogP contribution in [0.3, 0.4) is 0 Å². The maximum Gasteiger partial charge on any atom is 0.251 e. The van der Waals surface area contributed by atoms with Crippen LogP contribution in [0.4, 0.5) is 8.78 Å². The van der Waals surface area contributed by atoms with Crippen molar-refractivity contribution in [3.63, 3.8) is 0 Å². The normalized spacial score (nSPS) is 10.9. The highest BCUT2D eigenvalue weighted by Crippen LogP contribution is 2.18. The summed E-state index contributed by atoms with van der Waals surface area (Å²) in [5.74, 6) is -0.815. The van der Waals surface area contributed by atoms with Gasteiger partial charge in [-0.2, -0.15) is 5.10 Å². The molecule has 1 amide bonds.